The molecule has 1 unspecified atom stereocenters. The van der Waals surface area contributed by atoms with Crippen LogP contribution in [0.25, 0.3) is 11.0 Å². The third kappa shape index (κ3) is 2.17. The standard InChI is InChI=1S/C17H18N2O/c1-18-13-7-5-6-12(10-13)17(19-2)15-11-20-16-9-4-3-8-14(15)16/h3-11,17-19H,1-2H3. The molecule has 0 radical (unpaired) electrons. The van der Waals surface area contributed by atoms with Gasteiger partial charge in [-0.3, -0.25) is 0 Å². The summed E-state index contributed by atoms with van der Waals surface area (Å²) >= 11 is 0. The molecule has 3 rings (SSSR count). The summed E-state index contributed by atoms with van der Waals surface area (Å²) in [4.78, 5) is 0. The molecule has 0 aliphatic carbocycles. The normalized spacial score (nSPS) is 12.5. The predicted molar refractivity (Wildman–Crippen MR) is 83.1 cm³/mol. The monoisotopic (exact) mass is 266 g/mol. The van der Waals surface area contributed by atoms with Crippen molar-refractivity contribution < 1.29 is 4.42 Å². The number of fused-ring (bicyclic) bond motifs is 1. The number of rotatable bonds is 4. The summed E-state index contributed by atoms with van der Waals surface area (Å²) in [5.41, 5.74) is 4.41. The second kappa shape index (κ2) is 5.39. The first-order valence-electron chi connectivity index (χ1n) is 6.74. The second-order valence-electron chi connectivity index (χ2n) is 4.78. The Morgan fingerprint density at radius 1 is 1.00 bits per heavy atom. The van der Waals surface area contributed by atoms with Gasteiger partial charge in [-0.2, -0.15) is 0 Å². The third-order valence-electron chi connectivity index (χ3n) is 3.62. The molecule has 0 aliphatic rings. The van der Waals surface area contributed by atoms with E-state index in [1.165, 1.54) is 5.56 Å². The summed E-state index contributed by atoms with van der Waals surface area (Å²) in [6, 6.07) is 16.6. The van der Waals surface area contributed by atoms with Crippen molar-refractivity contribution in [3.63, 3.8) is 0 Å². The lowest BCUT2D eigenvalue weighted by Crippen LogP contribution is -2.17. The van der Waals surface area contributed by atoms with Crippen molar-refractivity contribution in [3.05, 3.63) is 65.9 Å². The van der Waals surface area contributed by atoms with Gasteiger partial charge < -0.3 is 15.1 Å². The summed E-state index contributed by atoms with van der Waals surface area (Å²) in [6.07, 6.45) is 1.85. The first kappa shape index (κ1) is 12.8. The van der Waals surface area contributed by atoms with E-state index in [4.69, 9.17) is 4.42 Å². The Labute approximate surface area is 118 Å². The van der Waals surface area contributed by atoms with E-state index in [0.717, 1.165) is 22.2 Å². The maximum atomic E-state index is 5.65. The van der Waals surface area contributed by atoms with Crippen molar-refractivity contribution in [2.75, 3.05) is 19.4 Å². The van der Waals surface area contributed by atoms with Crippen LogP contribution in [0.3, 0.4) is 0 Å². The number of para-hydroxylation sites is 1. The first-order valence-corrected chi connectivity index (χ1v) is 6.74. The van der Waals surface area contributed by atoms with Crippen molar-refractivity contribution >= 4 is 16.7 Å². The van der Waals surface area contributed by atoms with Gasteiger partial charge in [0, 0.05) is 23.7 Å². The van der Waals surface area contributed by atoms with Crippen LogP contribution in [0.4, 0.5) is 5.69 Å². The quantitative estimate of drug-likeness (QED) is 0.754. The summed E-state index contributed by atoms with van der Waals surface area (Å²) in [7, 11) is 3.90. The van der Waals surface area contributed by atoms with E-state index in [2.05, 4.69) is 41.0 Å². The van der Waals surface area contributed by atoms with E-state index in [9.17, 15) is 0 Å². The first-order chi connectivity index (χ1) is 9.83. The molecule has 3 aromatic rings. The fourth-order valence-corrected chi connectivity index (χ4v) is 2.60. The van der Waals surface area contributed by atoms with E-state index >= 15 is 0 Å². The van der Waals surface area contributed by atoms with Crippen molar-refractivity contribution in [1.29, 1.82) is 0 Å². The number of anilines is 1. The molecule has 2 aromatic carbocycles. The van der Waals surface area contributed by atoms with Gasteiger partial charge in [0.2, 0.25) is 0 Å². The van der Waals surface area contributed by atoms with Gasteiger partial charge in [0.15, 0.2) is 0 Å². The number of hydrogen-bond donors (Lipinski definition) is 2. The molecule has 3 heteroatoms. The SMILES string of the molecule is CNc1cccc(C(NC)c2coc3ccccc23)c1. The van der Waals surface area contributed by atoms with Crippen molar-refractivity contribution in [1.82, 2.24) is 5.32 Å². The Morgan fingerprint density at radius 2 is 1.85 bits per heavy atom. The lowest BCUT2D eigenvalue weighted by Gasteiger charge is -2.16. The highest BCUT2D eigenvalue weighted by molar-refractivity contribution is 5.82. The highest BCUT2D eigenvalue weighted by Crippen LogP contribution is 2.31. The molecule has 0 fully saturated rings. The molecule has 1 atom stereocenters. The van der Waals surface area contributed by atoms with Crippen LogP contribution in [0, 0.1) is 0 Å². The minimum absolute atomic E-state index is 0.118. The molecule has 2 N–H and O–H groups in total. The topological polar surface area (TPSA) is 37.2 Å². The van der Waals surface area contributed by atoms with Crippen LogP contribution in [0.2, 0.25) is 0 Å². The summed E-state index contributed by atoms with van der Waals surface area (Å²) < 4.78 is 5.65. The molecule has 0 aliphatic heterocycles. The number of benzene rings is 2. The van der Waals surface area contributed by atoms with Crippen LogP contribution in [0.5, 0.6) is 0 Å². The zero-order chi connectivity index (χ0) is 13.9. The second-order valence-corrected chi connectivity index (χ2v) is 4.78. The van der Waals surface area contributed by atoms with Crippen LogP contribution in [-0.4, -0.2) is 14.1 Å². The van der Waals surface area contributed by atoms with Gasteiger partial charge in [-0.15, -0.1) is 0 Å². The van der Waals surface area contributed by atoms with Crippen LogP contribution in [0.1, 0.15) is 17.2 Å². The number of nitrogens with one attached hydrogen (secondary N) is 2. The molecule has 102 valence electrons. The van der Waals surface area contributed by atoms with E-state index in [1.54, 1.807) is 0 Å². The van der Waals surface area contributed by atoms with Crippen LogP contribution in [0.15, 0.2) is 59.2 Å². The zero-order valence-electron chi connectivity index (χ0n) is 11.7. The van der Waals surface area contributed by atoms with Gasteiger partial charge >= 0.3 is 0 Å². The van der Waals surface area contributed by atoms with Gasteiger partial charge in [0.25, 0.3) is 0 Å². The predicted octanol–water partition coefficient (Wildman–Crippen LogP) is 3.78. The minimum Gasteiger partial charge on any atom is -0.464 e. The number of hydrogen-bond acceptors (Lipinski definition) is 3. The highest BCUT2D eigenvalue weighted by atomic mass is 16.3. The Kier molecular flexibility index (Phi) is 3.44. The third-order valence-corrected chi connectivity index (χ3v) is 3.62. The van der Waals surface area contributed by atoms with Crippen LogP contribution >= 0.6 is 0 Å². The molecule has 0 saturated heterocycles. The molecule has 0 bridgehead atoms. The maximum Gasteiger partial charge on any atom is 0.134 e. The molecule has 0 amide bonds. The van der Waals surface area contributed by atoms with Crippen molar-refractivity contribution in [2.24, 2.45) is 0 Å². The molecule has 20 heavy (non-hydrogen) atoms. The molecule has 0 spiro atoms. The lowest BCUT2D eigenvalue weighted by molar-refractivity contribution is 0.597. The van der Waals surface area contributed by atoms with Gasteiger partial charge in [0.1, 0.15) is 5.58 Å². The Hall–Kier alpha value is -2.26. The molecule has 1 heterocycles. The van der Waals surface area contributed by atoms with E-state index in [1.807, 2.05) is 38.6 Å². The Bertz CT molecular complexity index is 718. The summed E-state index contributed by atoms with van der Waals surface area (Å²) in [5, 5.41) is 7.71. The average molecular weight is 266 g/mol. The van der Waals surface area contributed by atoms with Gasteiger partial charge in [0.05, 0.1) is 12.3 Å². The van der Waals surface area contributed by atoms with Gasteiger partial charge in [-0.1, -0.05) is 30.3 Å². The minimum atomic E-state index is 0.118. The average Bonchev–Trinajstić information content (AvgIpc) is 2.93. The van der Waals surface area contributed by atoms with E-state index in [-0.39, 0.29) is 6.04 Å². The zero-order valence-corrected chi connectivity index (χ0v) is 11.7. The van der Waals surface area contributed by atoms with E-state index < -0.39 is 0 Å². The van der Waals surface area contributed by atoms with E-state index in [0.29, 0.717) is 0 Å². The fourth-order valence-electron chi connectivity index (χ4n) is 2.60. The lowest BCUT2D eigenvalue weighted by atomic mass is 9.98. The molecule has 1 aromatic heterocycles. The van der Waals surface area contributed by atoms with Crippen LogP contribution in [-0.2, 0) is 0 Å². The van der Waals surface area contributed by atoms with Crippen LogP contribution < -0.4 is 10.6 Å². The van der Waals surface area contributed by atoms with Gasteiger partial charge in [-0.05, 0) is 30.8 Å². The van der Waals surface area contributed by atoms with Gasteiger partial charge in [-0.25, -0.2) is 0 Å². The summed E-state index contributed by atoms with van der Waals surface area (Å²) in [5.74, 6) is 0. The smallest absolute Gasteiger partial charge is 0.134 e. The van der Waals surface area contributed by atoms with Crippen molar-refractivity contribution in [2.45, 2.75) is 6.04 Å². The maximum absolute atomic E-state index is 5.65. The molecule has 0 saturated carbocycles. The highest BCUT2D eigenvalue weighted by Gasteiger charge is 2.17. The largest absolute Gasteiger partial charge is 0.464 e. The Morgan fingerprint density at radius 3 is 2.65 bits per heavy atom. The molecular formula is C17H18N2O. The molecule has 3 nitrogen and oxygen atoms in total. The summed E-state index contributed by atoms with van der Waals surface area (Å²) in [6.45, 7) is 0. The fraction of sp³-hybridized carbons (Fsp3) is 0.176. The number of furan rings is 1. The van der Waals surface area contributed by atoms with Crippen molar-refractivity contribution in [3.8, 4) is 0 Å². The Balaban J connectivity index is 2.09. The molecular weight excluding hydrogens is 248 g/mol.